The Hall–Kier alpha value is -3.67. The second-order valence-corrected chi connectivity index (χ2v) is 7.62. The van der Waals surface area contributed by atoms with E-state index in [4.69, 9.17) is 0 Å². The third kappa shape index (κ3) is 2.76. The first-order chi connectivity index (χ1) is 14.0. The summed E-state index contributed by atoms with van der Waals surface area (Å²) in [6, 6.07) is 20.2. The maximum absolute atomic E-state index is 11.3. The summed E-state index contributed by atoms with van der Waals surface area (Å²) in [5.41, 5.74) is 5.68. The molecule has 5 rings (SSSR count). The van der Waals surface area contributed by atoms with Gasteiger partial charge in [0.2, 0.25) is 0 Å². The van der Waals surface area contributed by atoms with E-state index in [0.717, 1.165) is 23.2 Å². The Bertz CT molecular complexity index is 1140. The first-order valence-corrected chi connectivity index (χ1v) is 9.49. The van der Waals surface area contributed by atoms with Crippen LogP contribution in [0.25, 0.3) is 0 Å². The van der Waals surface area contributed by atoms with Gasteiger partial charge in [0.1, 0.15) is 0 Å². The van der Waals surface area contributed by atoms with E-state index in [0.29, 0.717) is 0 Å². The molecule has 3 aromatic carbocycles. The third-order valence-electron chi connectivity index (χ3n) is 6.11. The van der Waals surface area contributed by atoms with Crippen molar-refractivity contribution in [3.8, 4) is 0 Å². The number of benzene rings is 3. The molecule has 2 N–H and O–H groups in total. The lowest BCUT2D eigenvalue weighted by molar-refractivity contribution is -0.384. The monoisotopic (exact) mass is 386 g/mol. The molecule has 0 amide bonds. The Labute approximate surface area is 167 Å². The normalized spacial score (nSPS) is 21.4. The van der Waals surface area contributed by atoms with Crippen LogP contribution in [0.1, 0.15) is 44.6 Å². The summed E-state index contributed by atoms with van der Waals surface area (Å²) in [4.78, 5) is 22.2. The molecule has 29 heavy (non-hydrogen) atoms. The number of nitro groups is 1. The van der Waals surface area contributed by atoms with Crippen LogP contribution in [0, 0.1) is 16.0 Å². The van der Waals surface area contributed by atoms with Gasteiger partial charge in [0.25, 0.3) is 5.69 Å². The third-order valence-corrected chi connectivity index (χ3v) is 6.11. The van der Waals surface area contributed by atoms with Crippen LogP contribution in [0.2, 0.25) is 0 Å². The number of hydrogen-bond donors (Lipinski definition) is 2. The van der Waals surface area contributed by atoms with Gasteiger partial charge in [-0.1, -0.05) is 36.4 Å². The summed E-state index contributed by atoms with van der Waals surface area (Å²) < 4.78 is 0. The van der Waals surface area contributed by atoms with Crippen LogP contribution in [-0.4, -0.2) is 16.0 Å². The van der Waals surface area contributed by atoms with Gasteiger partial charge >= 0.3 is 5.97 Å². The number of fused-ring (bicyclic) bond motifs is 5. The lowest BCUT2D eigenvalue weighted by Crippen LogP contribution is -2.30. The maximum Gasteiger partial charge on any atom is 0.335 e. The fourth-order valence-corrected chi connectivity index (χ4v) is 4.82. The summed E-state index contributed by atoms with van der Waals surface area (Å²) in [6.07, 6.45) is 0.862. The first kappa shape index (κ1) is 17.4. The number of nitrogens with one attached hydrogen (secondary N) is 1. The van der Waals surface area contributed by atoms with Gasteiger partial charge in [-0.2, -0.15) is 0 Å². The molecule has 144 valence electrons. The van der Waals surface area contributed by atoms with Crippen molar-refractivity contribution >= 4 is 17.3 Å². The molecule has 0 unspecified atom stereocenters. The van der Waals surface area contributed by atoms with Crippen LogP contribution in [0.15, 0.2) is 66.7 Å². The van der Waals surface area contributed by atoms with Crippen LogP contribution in [-0.2, 0) is 6.42 Å². The number of hydrogen-bond acceptors (Lipinski definition) is 4. The molecule has 1 aliphatic heterocycles. The van der Waals surface area contributed by atoms with E-state index >= 15 is 0 Å². The van der Waals surface area contributed by atoms with E-state index in [1.807, 2.05) is 24.3 Å². The van der Waals surface area contributed by atoms with Gasteiger partial charge in [-0.3, -0.25) is 10.1 Å². The maximum atomic E-state index is 11.3. The van der Waals surface area contributed by atoms with E-state index in [9.17, 15) is 20.0 Å². The van der Waals surface area contributed by atoms with E-state index < -0.39 is 5.97 Å². The lowest BCUT2D eigenvalue weighted by Gasteiger charge is -2.38. The lowest BCUT2D eigenvalue weighted by atomic mass is 9.75. The number of aromatic carboxylic acids is 1. The fraction of sp³-hybridized carbons (Fsp3) is 0.174. The topological polar surface area (TPSA) is 92.5 Å². The first-order valence-electron chi connectivity index (χ1n) is 9.49. The van der Waals surface area contributed by atoms with Gasteiger partial charge in [-0.15, -0.1) is 0 Å². The molecule has 1 heterocycles. The number of carbonyl (C=O) groups is 1. The van der Waals surface area contributed by atoms with Crippen molar-refractivity contribution in [2.45, 2.75) is 18.4 Å². The molecule has 0 bridgehead atoms. The molecule has 2 aliphatic rings. The van der Waals surface area contributed by atoms with Crippen LogP contribution < -0.4 is 5.32 Å². The zero-order valence-electron chi connectivity index (χ0n) is 15.4. The van der Waals surface area contributed by atoms with Crippen molar-refractivity contribution in [2.75, 3.05) is 5.32 Å². The molecule has 0 spiro atoms. The molecule has 0 radical (unpaired) electrons. The molecule has 6 nitrogen and oxygen atoms in total. The quantitative estimate of drug-likeness (QED) is 0.500. The van der Waals surface area contributed by atoms with Crippen molar-refractivity contribution in [1.29, 1.82) is 0 Å². The Morgan fingerprint density at radius 2 is 1.79 bits per heavy atom. The standard InChI is InChI=1S/C23H18N2O4/c26-23(27)14-7-5-13(6-8-14)22-19-11-15-3-1-2-4-17(15)21(19)18-12-16(25(28)29)9-10-20(18)24-22/h1-10,12,19,21-22,24H,11H2,(H,26,27)/t19-,21-,22+/m1/s1. The van der Waals surface area contributed by atoms with Crippen LogP contribution in [0.5, 0.6) is 0 Å². The smallest absolute Gasteiger partial charge is 0.335 e. The number of nitro benzene ring substituents is 1. The molecule has 0 saturated heterocycles. The minimum Gasteiger partial charge on any atom is -0.478 e. The minimum absolute atomic E-state index is 0.01000. The summed E-state index contributed by atoms with van der Waals surface area (Å²) in [7, 11) is 0. The number of rotatable bonds is 3. The Balaban J connectivity index is 1.64. The van der Waals surface area contributed by atoms with Crippen molar-refractivity contribution in [3.05, 3.63) is 105 Å². The minimum atomic E-state index is -0.947. The molecule has 0 aromatic heterocycles. The zero-order valence-corrected chi connectivity index (χ0v) is 15.4. The van der Waals surface area contributed by atoms with E-state index in [1.165, 1.54) is 17.2 Å². The number of non-ortho nitro benzene ring substituents is 1. The molecule has 3 aromatic rings. The van der Waals surface area contributed by atoms with Gasteiger partial charge in [-0.05, 0) is 52.8 Å². The van der Waals surface area contributed by atoms with Gasteiger partial charge in [0.05, 0.1) is 16.5 Å². The predicted octanol–water partition coefficient (Wildman–Crippen LogP) is 4.76. The Morgan fingerprint density at radius 1 is 1.03 bits per heavy atom. The summed E-state index contributed by atoms with van der Waals surface area (Å²) in [6.45, 7) is 0. The zero-order chi connectivity index (χ0) is 20.1. The molecule has 0 fully saturated rings. The Morgan fingerprint density at radius 3 is 2.52 bits per heavy atom. The summed E-state index contributed by atoms with van der Waals surface area (Å²) >= 11 is 0. The van der Waals surface area contributed by atoms with E-state index in [1.54, 1.807) is 24.3 Å². The number of carboxylic acid groups (broad SMARTS) is 1. The molecular formula is C23H18N2O4. The van der Waals surface area contributed by atoms with Gasteiger partial charge in [0.15, 0.2) is 0 Å². The summed E-state index contributed by atoms with van der Waals surface area (Å²) in [5, 5.41) is 24.1. The number of nitrogens with zero attached hydrogens (tertiary/aromatic N) is 1. The highest BCUT2D eigenvalue weighted by atomic mass is 16.6. The highest BCUT2D eigenvalue weighted by molar-refractivity contribution is 5.87. The van der Waals surface area contributed by atoms with Crippen LogP contribution in [0.3, 0.4) is 0 Å². The molecule has 1 aliphatic carbocycles. The molecule has 0 saturated carbocycles. The Kier molecular flexibility index (Phi) is 3.87. The van der Waals surface area contributed by atoms with Crippen molar-refractivity contribution in [2.24, 2.45) is 5.92 Å². The molecule has 3 atom stereocenters. The summed E-state index contributed by atoms with van der Waals surface area (Å²) in [5.74, 6) is -0.693. The van der Waals surface area contributed by atoms with Crippen molar-refractivity contribution in [3.63, 3.8) is 0 Å². The fourth-order valence-electron chi connectivity index (χ4n) is 4.82. The second kappa shape index (κ2) is 6.44. The van der Waals surface area contributed by atoms with E-state index in [2.05, 4.69) is 17.4 Å². The average Bonchev–Trinajstić information content (AvgIpc) is 3.12. The highest BCUT2D eigenvalue weighted by Gasteiger charge is 2.43. The van der Waals surface area contributed by atoms with Crippen molar-refractivity contribution < 1.29 is 14.8 Å². The van der Waals surface area contributed by atoms with Gasteiger partial charge < -0.3 is 10.4 Å². The largest absolute Gasteiger partial charge is 0.478 e. The van der Waals surface area contributed by atoms with E-state index in [-0.39, 0.29) is 34.1 Å². The van der Waals surface area contributed by atoms with Gasteiger partial charge in [0, 0.05) is 23.7 Å². The molecular weight excluding hydrogens is 368 g/mol. The SMILES string of the molecule is O=C(O)c1ccc([C@@H]2Nc3ccc([N+](=O)[O-])cc3[C@H]3c4ccccc4C[C@H]32)cc1. The number of anilines is 1. The van der Waals surface area contributed by atoms with Crippen LogP contribution >= 0.6 is 0 Å². The highest BCUT2D eigenvalue weighted by Crippen LogP contribution is 2.54. The number of carboxylic acids is 1. The predicted molar refractivity (Wildman–Crippen MR) is 108 cm³/mol. The second-order valence-electron chi connectivity index (χ2n) is 7.62. The molecule has 6 heteroatoms. The van der Waals surface area contributed by atoms with Gasteiger partial charge in [-0.25, -0.2) is 4.79 Å². The average molecular weight is 386 g/mol. The van der Waals surface area contributed by atoms with Crippen LogP contribution in [0.4, 0.5) is 11.4 Å². The van der Waals surface area contributed by atoms with Crippen molar-refractivity contribution in [1.82, 2.24) is 0 Å².